The lowest BCUT2D eigenvalue weighted by Gasteiger charge is -2.33. The van der Waals surface area contributed by atoms with E-state index >= 15 is 0 Å². The summed E-state index contributed by atoms with van der Waals surface area (Å²) in [7, 11) is 0. The third-order valence-corrected chi connectivity index (χ3v) is 4.91. The summed E-state index contributed by atoms with van der Waals surface area (Å²) in [5, 5.41) is 3.36. The van der Waals surface area contributed by atoms with Crippen molar-refractivity contribution in [3.8, 4) is 11.5 Å². The molecule has 7 nitrogen and oxygen atoms in total. The highest BCUT2D eigenvalue weighted by atomic mass is 35.5. The molecule has 0 aromatic heterocycles. The van der Waals surface area contributed by atoms with E-state index in [1.165, 1.54) is 4.90 Å². The summed E-state index contributed by atoms with van der Waals surface area (Å²) in [5.41, 5.74) is 0.745. The van der Waals surface area contributed by atoms with E-state index in [2.05, 4.69) is 5.32 Å². The number of Topliss-reactive ketones (excluding diaryl/α,β-unsaturated/α-hetero) is 1. The maximum atomic E-state index is 12.6. The highest BCUT2D eigenvalue weighted by molar-refractivity contribution is 6.30. The number of halogens is 1. The van der Waals surface area contributed by atoms with Crippen molar-refractivity contribution in [3.63, 3.8) is 0 Å². The van der Waals surface area contributed by atoms with Gasteiger partial charge in [-0.15, -0.1) is 0 Å². The van der Waals surface area contributed by atoms with Gasteiger partial charge in [-0.3, -0.25) is 19.3 Å². The minimum Gasteiger partial charge on any atom is -0.485 e. The first-order valence-electron chi connectivity index (χ1n) is 9.69. The number of fused-ring (bicyclic) bond motifs is 1. The van der Waals surface area contributed by atoms with Gasteiger partial charge in [0.2, 0.25) is 5.91 Å². The van der Waals surface area contributed by atoms with Crippen LogP contribution in [0.3, 0.4) is 0 Å². The van der Waals surface area contributed by atoms with Gasteiger partial charge < -0.3 is 14.8 Å². The zero-order valence-electron chi connectivity index (χ0n) is 16.8. The SMILES string of the molecule is CCCNC(=O)C(C)N1C(=O)COc2ccc(C(=O)COc3ccc(Cl)cc3)cc21. The van der Waals surface area contributed by atoms with E-state index < -0.39 is 6.04 Å². The van der Waals surface area contributed by atoms with Gasteiger partial charge in [0, 0.05) is 17.1 Å². The van der Waals surface area contributed by atoms with Crippen molar-refractivity contribution >= 4 is 34.9 Å². The lowest BCUT2D eigenvalue weighted by molar-refractivity contribution is -0.127. The number of benzene rings is 2. The normalized spacial score (nSPS) is 13.8. The fourth-order valence-corrected chi connectivity index (χ4v) is 3.17. The Balaban J connectivity index is 1.78. The van der Waals surface area contributed by atoms with E-state index in [0.29, 0.717) is 34.3 Å². The first-order chi connectivity index (χ1) is 14.4. The van der Waals surface area contributed by atoms with E-state index in [4.69, 9.17) is 21.1 Å². The van der Waals surface area contributed by atoms with Crippen LogP contribution in [0.4, 0.5) is 5.69 Å². The van der Waals surface area contributed by atoms with Crippen LogP contribution in [0, 0.1) is 0 Å². The molecule has 1 unspecified atom stereocenters. The zero-order chi connectivity index (χ0) is 21.7. The summed E-state index contributed by atoms with van der Waals surface area (Å²) in [6.45, 7) is 3.78. The Morgan fingerprint density at radius 3 is 2.67 bits per heavy atom. The molecule has 2 aromatic carbocycles. The van der Waals surface area contributed by atoms with Gasteiger partial charge in [-0.05, 0) is 55.8 Å². The Morgan fingerprint density at radius 1 is 1.23 bits per heavy atom. The summed E-state index contributed by atoms with van der Waals surface area (Å²) in [6, 6.07) is 10.8. The summed E-state index contributed by atoms with van der Waals surface area (Å²) in [4.78, 5) is 38.9. The van der Waals surface area contributed by atoms with Crippen molar-refractivity contribution in [3.05, 3.63) is 53.1 Å². The molecule has 0 saturated carbocycles. The topological polar surface area (TPSA) is 84.9 Å². The third kappa shape index (κ3) is 4.91. The number of nitrogens with one attached hydrogen (secondary N) is 1. The van der Waals surface area contributed by atoms with Crippen LogP contribution in [0.1, 0.15) is 30.6 Å². The summed E-state index contributed by atoms with van der Waals surface area (Å²) in [6.07, 6.45) is 0.790. The molecular formula is C22H23ClN2O5. The molecule has 0 aliphatic carbocycles. The Hall–Kier alpha value is -3.06. The van der Waals surface area contributed by atoms with E-state index in [1.54, 1.807) is 49.4 Å². The van der Waals surface area contributed by atoms with E-state index in [9.17, 15) is 14.4 Å². The summed E-state index contributed by atoms with van der Waals surface area (Å²) < 4.78 is 11.0. The van der Waals surface area contributed by atoms with Gasteiger partial charge in [0.25, 0.3) is 5.91 Å². The number of ether oxygens (including phenoxy) is 2. The minimum atomic E-state index is -0.734. The minimum absolute atomic E-state index is 0.161. The molecule has 2 aromatic rings. The highest BCUT2D eigenvalue weighted by Crippen LogP contribution is 2.34. The molecule has 3 rings (SSSR count). The quantitative estimate of drug-likeness (QED) is 0.650. The highest BCUT2D eigenvalue weighted by Gasteiger charge is 2.33. The number of hydrogen-bond donors (Lipinski definition) is 1. The number of nitrogens with zero attached hydrogens (tertiary/aromatic N) is 1. The molecule has 158 valence electrons. The Labute approximate surface area is 179 Å². The van der Waals surface area contributed by atoms with Crippen molar-refractivity contribution < 1.29 is 23.9 Å². The number of ketones is 1. The van der Waals surface area contributed by atoms with Gasteiger partial charge in [-0.2, -0.15) is 0 Å². The Kier molecular flexibility index (Phi) is 6.95. The average molecular weight is 431 g/mol. The molecule has 1 N–H and O–H groups in total. The number of anilines is 1. The van der Waals surface area contributed by atoms with Crippen molar-refractivity contribution in [1.29, 1.82) is 0 Å². The van der Waals surface area contributed by atoms with Crippen LogP contribution in [-0.2, 0) is 9.59 Å². The van der Waals surface area contributed by atoms with Crippen molar-refractivity contribution in [2.24, 2.45) is 0 Å². The maximum absolute atomic E-state index is 12.6. The third-order valence-electron chi connectivity index (χ3n) is 4.66. The van der Waals surface area contributed by atoms with Gasteiger partial charge in [0.15, 0.2) is 19.0 Å². The van der Waals surface area contributed by atoms with Crippen LogP contribution in [0.15, 0.2) is 42.5 Å². The van der Waals surface area contributed by atoms with E-state index in [1.807, 2.05) is 6.92 Å². The fraction of sp³-hybridized carbons (Fsp3) is 0.318. The van der Waals surface area contributed by atoms with Crippen LogP contribution in [0.2, 0.25) is 5.02 Å². The molecule has 0 bridgehead atoms. The molecule has 0 fully saturated rings. The van der Waals surface area contributed by atoms with Gasteiger partial charge in [0.05, 0.1) is 5.69 Å². The largest absolute Gasteiger partial charge is 0.485 e. The van der Waals surface area contributed by atoms with Crippen LogP contribution in [-0.4, -0.2) is 43.4 Å². The lowest BCUT2D eigenvalue weighted by Crippen LogP contribution is -2.51. The van der Waals surface area contributed by atoms with Crippen LogP contribution in [0.25, 0.3) is 0 Å². The second-order valence-electron chi connectivity index (χ2n) is 6.87. The molecule has 1 heterocycles. The molecule has 2 amide bonds. The van der Waals surface area contributed by atoms with Crippen molar-refractivity contribution in [1.82, 2.24) is 5.32 Å². The number of hydrogen-bond acceptors (Lipinski definition) is 5. The molecule has 0 spiro atoms. The molecule has 0 radical (unpaired) electrons. The predicted molar refractivity (Wildman–Crippen MR) is 113 cm³/mol. The van der Waals surface area contributed by atoms with Gasteiger partial charge in [-0.1, -0.05) is 18.5 Å². The van der Waals surface area contributed by atoms with Crippen LogP contribution >= 0.6 is 11.6 Å². The Bertz CT molecular complexity index is 945. The van der Waals surface area contributed by atoms with Crippen LogP contribution < -0.4 is 19.7 Å². The lowest BCUT2D eigenvalue weighted by atomic mass is 10.1. The molecule has 1 aliphatic rings. The van der Waals surface area contributed by atoms with Gasteiger partial charge in [-0.25, -0.2) is 0 Å². The van der Waals surface area contributed by atoms with Crippen LogP contribution in [0.5, 0.6) is 11.5 Å². The summed E-state index contributed by atoms with van der Waals surface area (Å²) in [5.74, 6) is 0.0882. The standard InChI is InChI=1S/C22H23ClN2O5/c1-3-10-24-22(28)14(2)25-18-11-15(4-9-20(18)30-13-21(25)27)19(26)12-29-17-7-5-16(23)6-8-17/h4-9,11,14H,3,10,12-13H2,1-2H3,(H,24,28). The monoisotopic (exact) mass is 430 g/mol. The first-order valence-corrected chi connectivity index (χ1v) is 10.1. The molecule has 0 saturated heterocycles. The van der Waals surface area contributed by atoms with Crippen molar-refractivity contribution in [2.75, 3.05) is 24.7 Å². The smallest absolute Gasteiger partial charge is 0.265 e. The average Bonchev–Trinajstić information content (AvgIpc) is 2.75. The maximum Gasteiger partial charge on any atom is 0.265 e. The summed E-state index contributed by atoms with van der Waals surface area (Å²) >= 11 is 5.84. The predicted octanol–water partition coefficient (Wildman–Crippen LogP) is 3.24. The molecular weight excluding hydrogens is 408 g/mol. The van der Waals surface area contributed by atoms with Crippen molar-refractivity contribution in [2.45, 2.75) is 26.3 Å². The molecule has 8 heteroatoms. The second-order valence-corrected chi connectivity index (χ2v) is 7.30. The Morgan fingerprint density at radius 2 is 1.97 bits per heavy atom. The number of carbonyl (C=O) groups is 3. The first kappa shape index (κ1) is 21.6. The molecule has 30 heavy (non-hydrogen) atoms. The fourth-order valence-electron chi connectivity index (χ4n) is 3.05. The zero-order valence-corrected chi connectivity index (χ0v) is 17.6. The number of carbonyl (C=O) groups excluding carboxylic acids is 3. The van der Waals surface area contributed by atoms with E-state index in [-0.39, 0.29) is 30.8 Å². The number of rotatable bonds is 8. The molecule has 1 atom stereocenters. The second kappa shape index (κ2) is 9.63. The van der Waals surface area contributed by atoms with Gasteiger partial charge >= 0.3 is 0 Å². The van der Waals surface area contributed by atoms with Gasteiger partial charge in [0.1, 0.15) is 17.5 Å². The molecule has 1 aliphatic heterocycles. The van der Waals surface area contributed by atoms with E-state index in [0.717, 1.165) is 6.42 Å². The number of amides is 2.